The Morgan fingerprint density at radius 2 is 1.71 bits per heavy atom. The molecule has 1 aliphatic rings. The normalized spacial score (nSPS) is 20.1. The van der Waals surface area contributed by atoms with E-state index in [1.54, 1.807) is 14.2 Å². The molecule has 0 saturated heterocycles. The Kier molecular flexibility index (Phi) is 5.44. The lowest BCUT2D eigenvalue weighted by Crippen LogP contribution is -2.42. The number of hydrogen-bond donors (Lipinski definition) is 1. The van der Waals surface area contributed by atoms with Crippen LogP contribution in [0.15, 0.2) is 41.8 Å². The summed E-state index contributed by atoms with van der Waals surface area (Å²) in [6, 6.07) is 6.33. The van der Waals surface area contributed by atoms with Gasteiger partial charge in [0.05, 0.1) is 19.8 Å². The van der Waals surface area contributed by atoms with Crippen molar-refractivity contribution in [2.75, 3.05) is 54.4 Å². The van der Waals surface area contributed by atoms with Crippen molar-refractivity contribution in [1.29, 1.82) is 0 Å². The Balaban J connectivity index is 2.60. The Morgan fingerprint density at radius 1 is 1.00 bits per heavy atom. The van der Waals surface area contributed by atoms with Gasteiger partial charge in [-0.05, 0) is 36.9 Å². The first kappa shape index (κ1) is 18.2. The minimum atomic E-state index is -0.348. The van der Waals surface area contributed by atoms with Crippen LogP contribution in [0.1, 0.15) is 12.0 Å². The van der Waals surface area contributed by atoms with E-state index in [2.05, 4.69) is 53.5 Å². The highest BCUT2D eigenvalue weighted by atomic mass is 16.5. The summed E-state index contributed by atoms with van der Waals surface area (Å²) in [7, 11) is 13.6. The average Bonchev–Trinajstić information content (AvgIpc) is 2.60. The summed E-state index contributed by atoms with van der Waals surface area (Å²) in [4.78, 5) is 4.22. The largest absolute Gasteiger partial charge is 0.497 e. The molecule has 0 radical (unpaired) electrons. The second-order valence-electron chi connectivity index (χ2n) is 6.49. The van der Waals surface area contributed by atoms with Crippen LogP contribution in [0.3, 0.4) is 0 Å². The highest BCUT2D eigenvalue weighted by molar-refractivity contribution is 5.56. The smallest absolute Gasteiger partial charge is 0.121 e. The molecular weight excluding hydrogens is 302 g/mol. The molecule has 0 amide bonds. The van der Waals surface area contributed by atoms with E-state index >= 15 is 0 Å². The number of methoxy groups -OCH3 is 2. The number of anilines is 1. The molecule has 0 spiro atoms. The Morgan fingerprint density at radius 3 is 2.21 bits per heavy atom. The number of benzene rings is 1. The lowest BCUT2D eigenvalue weighted by Gasteiger charge is -2.37. The molecule has 0 heterocycles. The van der Waals surface area contributed by atoms with E-state index in [1.165, 1.54) is 5.70 Å². The zero-order valence-corrected chi connectivity index (χ0v) is 15.8. The summed E-state index contributed by atoms with van der Waals surface area (Å²) in [6.45, 7) is 0. The van der Waals surface area contributed by atoms with E-state index < -0.39 is 0 Å². The molecule has 1 aromatic rings. The maximum Gasteiger partial charge on any atom is 0.121 e. The van der Waals surface area contributed by atoms with Crippen molar-refractivity contribution >= 4 is 5.69 Å². The molecule has 1 aromatic carbocycles. The molecule has 5 heteroatoms. The third-order valence-corrected chi connectivity index (χ3v) is 4.57. The maximum atomic E-state index is 5.56. The van der Waals surface area contributed by atoms with Crippen LogP contribution < -0.4 is 15.0 Å². The highest BCUT2D eigenvalue weighted by Gasteiger charge is 2.34. The summed E-state index contributed by atoms with van der Waals surface area (Å²) >= 11 is 0. The third-order valence-electron chi connectivity index (χ3n) is 4.57. The molecule has 1 aliphatic carbocycles. The lowest BCUT2D eigenvalue weighted by molar-refractivity contribution is 0.279. The number of nitrogens with one attached hydrogen (secondary N) is 1. The van der Waals surface area contributed by atoms with Gasteiger partial charge in [-0.2, -0.15) is 0 Å². The molecule has 0 fully saturated rings. The standard InChI is InChI=1S/C19H29N3O2/c1-20-19(12-16(22(4)5)11-18(13-19)24-7)14-8-15(21(2)3)10-17(9-14)23-6/h8-11,13,20H,12H2,1-7H3. The van der Waals surface area contributed by atoms with Gasteiger partial charge in [0, 0.05) is 52.1 Å². The van der Waals surface area contributed by atoms with Gasteiger partial charge in [0.1, 0.15) is 11.5 Å². The monoisotopic (exact) mass is 331 g/mol. The maximum absolute atomic E-state index is 5.56. The van der Waals surface area contributed by atoms with Gasteiger partial charge in [0.25, 0.3) is 0 Å². The van der Waals surface area contributed by atoms with Crippen molar-refractivity contribution in [3.8, 4) is 5.75 Å². The highest BCUT2D eigenvalue weighted by Crippen LogP contribution is 2.39. The van der Waals surface area contributed by atoms with Crippen LogP contribution >= 0.6 is 0 Å². The summed E-state index contributed by atoms with van der Waals surface area (Å²) in [5.41, 5.74) is 3.11. The zero-order valence-electron chi connectivity index (χ0n) is 15.8. The molecule has 2 rings (SSSR count). The molecule has 1 N–H and O–H groups in total. The van der Waals surface area contributed by atoms with E-state index in [9.17, 15) is 0 Å². The van der Waals surface area contributed by atoms with Gasteiger partial charge < -0.3 is 24.6 Å². The summed E-state index contributed by atoms with van der Waals surface area (Å²) in [6.07, 6.45) is 5.07. The van der Waals surface area contributed by atoms with Crippen LogP contribution in [-0.4, -0.2) is 54.4 Å². The Labute approximate surface area is 145 Å². The number of likely N-dealkylation sites (N-methyl/N-ethyl adjacent to an activating group) is 1. The average molecular weight is 331 g/mol. The van der Waals surface area contributed by atoms with Crippen molar-refractivity contribution in [2.45, 2.75) is 12.0 Å². The molecule has 0 bridgehead atoms. The van der Waals surface area contributed by atoms with Crippen LogP contribution in [0.5, 0.6) is 5.75 Å². The third kappa shape index (κ3) is 3.51. The molecule has 5 nitrogen and oxygen atoms in total. The molecule has 0 saturated carbocycles. The van der Waals surface area contributed by atoms with Crippen LogP contribution in [0.25, 0.3) is 0 Å². The topological polar surface area (TPSA) is 37.0 Å². The van der Waals surface area contributed by atoms with E-state index in [4.69, 9.17) is 9.47 Å². The minimum absolute atomic E-state index is 0.348. The number of rotatable bonds is 6. The molecule has 24 heavy (non-hydrogen) atoms. The van der Waals surface area contributed by atoms with Crippen molar-refractivity contribution in [3.63, 3.8) is 0 Å². The van der Waals surface area contributed by atoms with Gasteiger partial charge >= 0.3 is 0 Å². The van der Waals surface area contributed by atoms with Gasteiger partial charge in [-0.3, -0.25) is 0 Å². The summed E-state index contributed by atoms with van der Waals surface area (Å²) in [5.74, 6) is 1.70. The fourth-order valence-corrected chi connectivity index (χ4v) is 2.95. The first-order valence-corrected chi connectivity index (χ1v) is 8.05. The van der Waals surface area contributed by atoms with Crippen molar-refractivity contribution in [3.05, 3.63) is 47.4 Å². The summed E-state index contributed by atoms with van der Waals surface area (Å²) < 4.78 is 11.1. The fraction of sp³-hybridized carbons (Fsp3) is 0.474. The van der Waals surface area contributed by atoms with E-state index in [0.717, 1.165) is 29.2 Å². The van der Waals surface area contributed by atoms with E-state index in [-0.39, 0.29) is 5.54 Å². The molecule has 0 aromatic heterocycles. The van der Waals surface area contributed by atoms with Crippen LogP contribution in [0, 0.1) is 0 Å². The van der Waals surface area contributed by atoms with E-state index in [0.29, 0.717) is 0 Å². The SMILES string of the molecule is CNC1(c2cc(OC)cc(N(C)C)c2)C=C(OC)C=C(N(C)C)C1. The van der Waals surface area contributed by atoms with Crippen molar-refractivity contribution < 1.29 is 9.47 Å². The van der Waals surface area contributed by atoms with Crippen LogP contribution in [-0.2, 0) is 10.3 Å². The number of hydrogen-bond acceptors (Lipinski definition) is 5. The van der Waals surface area contributed by atoms with Crippen molar-refractivity contribution in [1.82, 2.24) is 10.2 Å². The van der Waals surface area contributed by atoms with Gasteiger partial charge in [0.15, 0.2) is 0 Å². The van der Waals surface area contributed by atoms with Gasteiger partial charge in [-0.15, -0.1) is 0 Å². The second kappa shape index (κ2) is 7.18. The van der Waals surface area contributed by atoms with Crippen LogP contribution in [0.2, 0.25) is 0 Å². The molecule has 0 aliphatic heterocycles. The van der Waals surface area contributed by atoms with Crippen LogP contribution in [0.4, 0.5) is 5.69 Å². The Bertz CT molecular complexity index is 650. The van der Waals surface area contributed by atoms with E-state index in [1.807, 2.05) is 27.2 Å². The van der Waals surface area contributed by atoms with Gasteiger partial charge in [-0.1, -0.05) is 0 Å². The molecule has 1 unspecified atom stereocenters. The number of ether oxygens (including phenoxy) is 2. The number of allylic oxidation sites excluding steroid dienone is 1. The minimum Gasteiger partial charge on any atom is -0.497 e. The summed E-state index contributed by atoms with van der Waals surface area (Å²) in [5, 5.41) is 3.50. The Hall–Kier alpha value is -2.14. The van der Waals surface area contributed by atoms with Crippen molar-refractivity contribution in [2.24, 2.45) is 0 Å². The van der Waals surface area contributed by atoms with Gasteiger partial charge in [0.2, 0.25) is 0 Å². The zero-order chi connectivity index (χ0) is 17.9. The predicted molar refractivity (Wildman–Crippen MR) is 99.5 cm³/mol. The predicted octanol–water partition coefficient (Wildman–Crippen LogP) is 2.56. The lowest BCUT2D eigenvalue weighted by atomic mass is 9.81. The number of nitrogens with zero attached hydrogens (tertiary/aromatic N) is 2. The fourth-order valence-electron chi connectivity index (χ4n) is 2.95. The molecular formula is C19H29N3O2. The molecule has 1 atom stereocenters. The second-order valence-corrected chi connectivity index (χ2v) is 6.49. The molecule has 132 valence electrons. The van der Waals surface area contributed by atoms with Gasteiger partial charge in [-0.25, -0.2) is 0 Å². The quantitative estimate of drug-likeness (QED) is 0.867. The first-order valence-electron chi connectivity index (χ1n) is 8.05. The first-order chi connectivity index (χ1) is 11.3.